The Kier molecular flexibility index (Phi) is 4.80. The Labute approximate surface area is 123 Å². The van der Waals surface area contributed by atoms with E-state index >= 15 is 0 Å². The molecule has 1 aliphatic rings. The van der Waals surface area contributed by atoms with Crippen LogP contribution in [-0.4, -0.2) is 19.3 Å². The highest BCUT2D eigenvalue weighted by molar-refractivity contribution is 7.92. The number of hydrogen-bond donors (Lipinski definition) is 1. The lowest BCUT2D eigenvalue weighted by atomic mass is 10.0. The number of amides is 1. The summed E-state index contributed by atoms with van der Waals surface area (Å²) >= 11 is 1.09. The van der Waals surface area contributed by atoms with E-state index in [0.29, 0.717) is 11.6 Å². The zero-order chi connectivity index (χ0) is 14.8. The maximum atomic E-state index is 12.0. The van der Waals surface area contributed by atoms with Crippen molar-refractivity contribution in [3.05, 3.63) is 10.6 Å². The van der Waals surface area contributed by atoms with Crippen LogP contribution in [-0.2, 0) is 14.8 Å². The summed E-state index contributed by atoms with van der Waals surface area (Å²) in [5, 5.41) is 0. The first-order valence-corrected chi connectivity index (χ1v) is 9.18. The molecule has 1 aromatic heterocycles. The molecule has 1 heterocycles. The molecular weight excluding hydrogens is 296 g/mol. The molecule has 0 saturated heterocycles. The predicted octanol–water partition coefficient (Wildman–Crippen LogP) is 2.54. The topological polar surface area (TPSA) is 76.1 Å². The zero-order valence-electron chi connectivity index (χ0n) is 11.8. The normalized spacial score (nSPS) is 16.5. The summed E-state index contributed by atoms with van der Waals surface area (Å²) in [6.07, 6.45) is 5.81. The van der Waals surface area contributed by atoms with Gasteiger partial charge in [0.25, 0.3) is 10.0 Å². The third kappa shape index (κ3) is 3.79. The third-order valence-electron chi connectivity index (χ3n) is 3.74. The van der Waals surface area contributed by atoms with E-state index in [1.165, 1.54) is 12.8 Å². The minimum absolute atomic E-state index is 0.0262. The van der Waals surface area contributed by atoms with E-state index in [1.807, 2.05) is 6.92 Å². The number of nitrogens with one attached hydrogen (secondary N) is 1. The van der Waals surface area contributed by atoms with E-state index in [4.69, 9.17) is 0 Å². The van der Waals surface area contributed by atoms with Gasteiger partial charge >= 0.3 is 0 Å². The summed E-state index contributed by atoms with van der Waals surface area (Å²) < 4.78 is 26.1. The molecule has 0 unspecified atom stereocenters. The van der Waals surface area contributed by atoms with Crippen molar-refractivity contribution in [2.45, 2.75) is 56.7 Å². The summed E-state index contributed by atoms with van der Waals surface area (Å²) in [6.45, 7) is 3.57. The monoisotopic (exact) mass is 316 g/mol. The lowest BCUT2D eigenvalue weighted by Gasteiger charge is -2.08. The van der Waals surface area contributed by atoms with Gasteiger partial charge in [0, 0.05) is 11.3 Å². The van der Waals surface area contributed by atoms with Crippen LogP contribution in [0.3, 0.4) is 0 Å². The molecule has 1 aromatic rings. The molecule has 1 aliphatic carbocycles. The Balaban J connectivity index is 1.92. The average Bonchev–Trinajstić information content (AvgIpc) is 2.97. The fraction of sp³-hybridized carbons (Fsp3) is 0.692. The minimum Gasteiger partial charge on any atom is -0.274 e. The molecule has 2 rings (SSSR count). The summed E-state index contributed by atoms with van der Waals surface area (Å²) in [7, 11) is -3.80. The standard InChI is InChI=1S/C13H20N2O3S2/c1-9-10(2)19-13(14-9)20(17,18)15-12(16)8-7-11-5-3-4-6-11/h11H,3-8H2,1-2H3,(H,15,16). The predicted molar refractivity (Wildman–Crippen MR) is 78.1 cm³/mol. The maximum absolute atomic E-state index is 12.0. The fourth-order valence-corrected chi connectivity index (χ4v) is 4.76. The SMILES string of the molecule is Cc1nc(S(=O)(=O)NC(=O)CCC2CCCC2)sc1C. The van der Waals surface area contributed by atoms with Gasteiger partial charge in [0.2, 0.25) is 10.2 Å². The van der Waals surface area contributed by atoms with Crippen molar-refractivity contribution in [3.63, 3.8) is 0 Å². The summed E-state index contributed by atoms with van der Waals surface area (Å²) in [4.78, 5) is 16.6. The smallest absolute Gasteiger partial charge is 0.274 e. The van der Waals surface area contributed by atoms with Gasteiger partial charge in [0.15, 0.2) is 0 Å². The highest BCUT2D eigenvalue weighted by Crippen LogP contribution is 2.28. The van der Waals surface area contributed by atoms with Crippen LogP contribution in [0.15, 0.2) is 4.34 Å². The number of rotatable bonds is 5. The molecule has 20 heavy (non-hydrogen) atoms. The van der Waals surface area contributed by atoms with Gasteiger partial charge in [-0.15, -0.1) is 11.3 Å². The largest absolute Gasteiger partial charge is 0.291 e. The van der Waals surface area contributed by atoms with Crippen LogP contribution in [0.4, 0.5) is 0 Å². The van der Waals surface area contributed by atoms with Crippen LogP contribution in [0.2, 0.25) is 0 Å². The van der Waals surface area contributed by atoms with E-state index in [9.17, 15) is 13.2 Å². The van der Waals surface area contributed by atoms with Gasteiger partial charge in [-0.1, -0.05) is 25.7 Å². The Morgan fingerprint density at radius 3 is 2.55 bits per heavy atom. The molecule has 112 valence electrons. The van der Waals surface area contributed by atoms with Crippen molar-refractivity contribution in [2.24, 2.45) is 5.92 Å². The summed E-state index contributed by atoms with van der Waals surface area (Å²) in [5.74, 6) is 0.148. The first-order valence-electron chi connectivity index (χ1n) is 6.88. The average molecular weight is 316 g/mol. The van der Waals surface area contributed by atoms with Gasteiger partial charge in [-0.05, 0) is 26.2 Å². The van der Waals surface area contributed by atoms with E-state index in [0.717, 1.165) is 35.5 Å². The van der Waals surface area contributed by atoms with Gasteiger partial charge in [-0.3, -0.25) is 4.79 Å². The Morgan fingerprint density at radius 1 is 1.35 bits per heavy atom. The molecular formula is C13H20N2O3S2. The lowest BCUT2D eigenvalue weighted by Crippen LogP contribution is -2.30. The quantitative estimate of drug-likeness (QED) is 0.905. The van der Waals surface area contributed by atoms with Gasteiger partial charge in [0.05, 0.1) is 5.69 Å². The molecule has 0 aliphatic heterocycles. The molecule has 1 amide bonds. The van der Waals surface area contributed by atoms with Gasteiger partial charge in [0.1, 0.15) is 0 Å². The number of nitrogens with zero attached hydrogens (tertiary/aromatic N) is 1. The number of carbonyl (C=O) groups excluding carboxylic acids is 1. The van der Waals surface area contributed by atoms with Crippen molar-refractivity contribution in [1.82, 2.24) is 9.71 Å². The first-order chi connectivity index (χ1) is 9.38. The van der Waals surface area contributed by atoms with Gasteiger partial charge in [-0.2, -0.15) is 8.42 Å². The van der Waals surface area contributed by atoms with Crippen LogP contribution >= 0.6 is 11.3 Å². The van der Waals surface area contributed by atoms with E-state index < -0.39 is 15.9 Å². The third-order valence-corrected chi connectivity index (χ3v) is 6.56. The molecule has 5 nitrogen and oxygen atoms in total. The van der Waals surface area contributed by atoms with Gasteiger partial charge in [-0.25, -0.2) is 9.71 Å². The summed E-state index contributed by atoms with van der Waals surface area (Å²) in [6, 6.07) is 0. The van der Waals surface area contributed by atoms with Crippen LogP contribution in [0.25, 0.3) is 0 Å². The van der Waals surface area contributed by atoms with Crippen molar-refractivity contribution >= 4 is 27.3 Å². The second-order valence-electron chi connectivity index (χ2n) is 5.34. The Bertz CT molecular complexity index is 567. The second-order valence-corrected chi connectivity index (χ2v) is 8.40. The number of aryl methyl sites for hydroxylation is 2. The summed E-state index contributed by atoms with van der Waals surface area (Å²) in [5.41, 5.74) is 0.689. The highest BCUT2D eigenvalue weighted by Gasteiger charge is 2.23. The molecule has 1 saturated carbocycles. The zero-order valence-corrected chi connectivity index (χ0v) is 13.4. The molecule has 0 aromatic carbocycles. The molecule has 1 N–H and O–H groups in total. The lowest BCUT2D eigenvalue weighted by molar-refractivity contribution is -0.119. The Hall–Kier alpha value is -0.950. The maximum Gasteiger partial charge on any atom is 0.291 e. The molecule has 0 atom stereocenters. The van der Waals surface area contributed by atoms with E-state index in [2.05, 4.69) is 9.71 Å². The Morgan fingerprint density at radius 2 is 2.00 bits per heavy atom. The molecule has 0 bridgehead atoms. The molecule has 0 radical (unpaired) electrons. The number of aromatic nitrogens is 1. The van der Waals surface area contributed by atoms with Crippen LogP contribution in [0.1, 0.15) is 49.1 Å². The van der Waals surface area contributed by atoms with Crippen LogP contribution in [0, 0.1) is 19.8 Å². The van der Waals surface area contributed by atoms with Crippen LogP contribution < -0.4 is 4.72 Å². The van der Waals surface area contributed by atoms with Crippen molar-refractivity contribution in [3.8, 4) is 0 Å². The highest BCUT2D eigenvalue weighted by atomic mass is 32.2. The van der Waals surface area contributed by atoms with Crippen molar-refractivity contribution in [1.29, 1.82) is 0 Å². The van der Waals surface area contributed by atoms with Crippen LogP contribution in [0.5, 0.6) is 0 Å². The van der Waals surface area contributed by atoms with Crippen molar-refractivity contribution in [2.75, 3.05) is 0 Å². The number of carbonyl (C=O) groups is 1. The fourth-order valence-electron chi connectivity index (χ4n) is 2.44. The molecule has 1 fully saturated rings. The number of sulfonamides is 1. The minimum atomic E-state index is -3.80. The van der Waals surface area contributed by atoms with E-state index in [1.54, 1.807) is 6.92 Å². The molecule has 7 heteroatoms. The number of thiazole rings is 1. The number of hydrogen-bond acceptors (Lipinski definition) is 5. The van der Waals surface area contributed by atoms with Gasteiger partial charge < -0.3 is 0 Å². The first kappa shape index (κ1) is 15.4. The second kappa shape index (κ2) is 6.22. The van der Waals surface area contributed by atoms with E-state index in [-0.39, 0.29) is 10.8 Å². The van der Waals surface area contributed by atoms with Crippen molar-refractivity contribution < 1.29 is 13.2 Å². The molecule has 0 spiro atoms.